The average molecular weight is 248 g/mol. The summed E-state index contributed by atoms with van der Waals surface area (Å²) in [6.45, 7) is 4.65. The summed E-state index contributed by atoms with van der Waals surface area (Å²) < 4.78 is 0. The van der Waals surface area contributed by atoms with Gasteiger partial charge in [0.2, 0.25) is 0 Å². The molecule has 2 rings (SSSR count). The van der Waals surface area contributed by atoms with E-state index < -0.39 is 0 Å². The van der Waals surface area contributed by atoms with Crippen molar-refractivity contribution in [3.05, 3.63) is 52.6 Å². The molecule has 0 aliphatic heterocycles. The van der Waals surface area contributed by atoms with Crippen LogP contribution in [0.25, 0.3) is 0 Å². The van der Waals surface area contributed by atoms with Crippen molar-refractivity contribution < 1.29 is 0 Å². The summed E-state index contributed by atoms with van der Waals surface area (Å²) in [7, 11) is 0. The molecule has 0 saturated heterocycles. The van der Waals surface area contributed by atoms with Crippen molar-refractivity contribution in [2.24, 2.45) is 0 Å². The number of pyridine rings is 2. The van der Waals surface area contributed by atoms with Crippen LogP contribution in [0.4, 0.5) is 5.69 Å². The van der Waals surface area contributed by atoms with Gasteiger partial charge in [-0.2, -0.15) is 0 Å². The minimum Gasteiger partial charge on any atom is -0.380 e. The average Bonchev–Trinajstić information content (AvgIpc) is 2.33. The fourth-order valence-corrected chi connectivity index (χ4v) is 1.57. The normalized spacial score (nSPS) is 10.3. The van der Waals surface area contributed by atoms with Gasteiger partial charge in [0.25, 0.3) is 0 Å². The number of halogens is 1. The van der Waals surface area contributed by atoms with Crippen LogP contribution in [-0.4, -0.2) is 9.97 Å². The summed E-state index contributed by atoms with van der Waals surface area (Å²) in [6.07, 6.45) is 3.61. The molecule has 2 aromatic rings. The van der Waals surface area contributed by atoms with E-state index in [4.69, 9.17) is 11.6 Å². The number of aryl methyl sites for hydroxylation is 2. The molecule has 3 nitrogen and oxygen atoms in total. The second-order valence-electron chi connectivity index (χ2n) is 3.99. The minimum absolute atomic E-state index is 0.549. The summed E-state index contributed by atoms with van der Waals surface area (Å²) in [4.78, 5) is 8.34. The van der Waals surface area contributed by atoms with Crippen molar-refractivity contribution in [1.82, 2.24) is 9.97 Å². The number of nitrogens with one attached hydrogen (secondary N) is 1. The Morgan fingerprint density at radius 3 is 2.65 bits per heavy atom. The van der Waals surface area contributed by atoms with Crippen LogP contribution >= 0.6 is 11.6 Å². The molecule has 0 aliphatic rings. The molecule has 0 fully saturated rings. The molecule has 2 aromatic heterocycles. The Bertz CT molecular complexity index is 509. The Balaban J connectivity index is 2.02. The lowest BCUT2D eigenvalue weighted by atomic mass is 10.2. The van der Waals surface area contributed by atoms with Crippen LogP contribution in [0.5, 0.6) is 0 Å². The standard InChI is InChI=1S/C13H14ClN3/c1-9-5-12(8-17-13(9)14)16-7-11-4-3-10(2)15-6-11/h3-6,8,16H,7H2,1-2H3. The lowest BCUT2D eigenvalue weighted by molar-refractivity contribution is 1.08. The SMILES string of the molecule is Cc1ccc(CNc2cnc(Cl)c(C)c2)cn1. The smallest absolute Gasteiger partial charge is 0.132 e. The van der Waals surface area contributed by atoms with Gasteiger partial charge in [-0.05, 0) is 37.1 Å². The van der Waals surface area contributed by atoms with E-state index in [2.05, 4.69) is 21.4 Å². The Kier molecular flexibility index (Phi) is 3.59. The molecule has 1 N–H and O–H groups in total. The molecule has 0 spiro atoms. The third-order valence-electron chi connectivity index (χ3n) is 2.48. The molecule has 0 aromatic carbocycles. The molecule has 17 heavy (non-hydrogen) atoms. The van der Waals surface area contributed by atoms with E-state index in [0.29, 0.717) is 5.15 Å². The van der Waals surface area contributed by atoms with Crippen molar-refractivity contribution in [1.29, 1.82) is 0 Å². The van der Waals surface area contributed by atoms with Gasteiger partial charge in [0.05, 0.1) is 11.9 Å². The maximum absolute atomic E-state index is 5.87. The monoisotopic (exact) mass is 247 g/mol. The van der Waals surface area contributed by atoms with Gasteiger partial charge < -0.3 is 5.32 Å². The minimum atomic E-state index is 0.549. The highest BCUT2D eigenvalue weighted by Gasteiger charge is 1.99. The first-order valence-corrected chi connectivity index (χ1v) is 5.80. The van der Waals surface area contributed by atoms with Gasteiger partial charge in [0.1, 0.15) is 5.15 Å². The Hall–Kier alpha value is -1.61. The molecule has 0 aliphatic carbocycles. The zero-order valence-electron chi connectivity index (χ0n) is 9.87. The highest BCUT2D eigenvalue weighted by Crippen LogP contribution is 2.16. The molecule has 0 unspecified atom stereocenters. The highest BCUT2D eigenvalue weighted by molar-refractivity contribution is 6.30. The third kappa shape index (κ3) is 3.17. The summed E-state index contributed by atoms with van der Waals surface area (Å²) in [5.74, 6) is 0. The zero-order chi connectivity index (χ0) is 12.3. The van der Waals surface area contributed by atoms with Crippen molar-refractivity contribution >= 4 is 17.3 Å². The van der Waals surface area contributed by atoms with Gasteiger partial charge in [-0.1, -0.05) is 17.7 Å². The van der Waals surface area contributed by atoms with Crippen LogP contribution in [-0.2, 0) is 6.54 Å². The maximum Gasteiger partial charge on any atom is 0.132 e. The van der Waals surface area contributed by atoms with Crippen molar-refractivity contribution in [2.75, 3.05) is 5.32 Å². The lowest BCUT2D eigenvalue weighted by Crippen LogP contribution is -2.01. The van der Waals surface area contributed by atoms with Gasteiger partial charge in [0, 0.05) is 18.4 Å². The van der Waals surface area contributed by atoms with Gasteiger partial charge in [-0.25, -0.2) is 4.98 Å². The van der Waals surface area contributed by atoms with E-state index in [1.165, 1.54) is 0 Å². The molecule has 0 radical (unpaired) electrons. The highest BCUT2D eigenvalue weighted by atomic mass is 35.5. The number of hydrogen-bond acceptors (Lipinski definition) is 3. The van der Waals surface area contributed by atoms with Crippen molar-refractivity contribution in [2.45, 2.75) is 20.4 Å². The van der Waals surface area contributed by atoms with E-state index in [1.807, 2.05) is 32.2 Å². The van der Waals surface area contributed by atoms with E-state index in [0.717, 1.165) is 29.1 Å². The summed E-state index contributed by atoms with van der Waals surface area (Å²) in [6, 6.07) is 6.05. The van der Waals surface area contributed by atoms with Crippen LogP contribution < -0.4 is 5.32 Å². The number of anilines is 1. The predicted octanol–water partition coefficient (Wildman–Crippen LogP) is 3.36. The summed E-state index contributed by atoms with van der Waals surface area (Å²) in [5, 5.41) is 3.84. The Morgan fingerprint density at radius 2 is 2.00 bits per heavy atom. The van der Waals surface area contributed by atoms with Crippen LogP contribution in [0.3, 0.4) is 0 Å². The number of aromatic nitrogens is 2. The molecule has 2 heterocycles. The second-order valence-corrected chi connectivity index (χ2v) is 4.35. The van der Waals surface area contributed by atoms with Crippen molar-refractivity contribution in [3.8, 4) is 0 Å². The fraction of sp³-hybridized carbons (Fsp3) is 0.231. The Labute approximate surface area is 106 Å². The number of hydrogen-bond donors (Lipinski definition) is 1. The molecule has 88 valence electrons. The molecule has 4 heteroatoms. The van der Waals surface area contributed by atoms with Gasteiger partial charge >= 0.3 is 0 Å². The molecule has 0 amide bonds. The van der Waals surface area contributed by atoms with E-state index in [1.54, 1.807) is 6.20 Å². The molecular weight excluding hydrogens is 234 g/mol. The number of nitrogens with zero attached hydrogens (tertiary/aromatic N) is 2. The van der Waals surface area contributed by atoms with Crippen LogP contribution in [0, 0.1) is 13.8 Å². The Morgan fingerprint density at radius 1 is 1.18 bits per heavy atom. The second kappa shape index (κ2) is 5.15. The maximum atomic E-state index is 5.87. The van der Waals surface area contributed by atoms with E-state index in [-0.39, 0.29) is 0 Å². The molecular formula is C13H14ClN3. The van der Waals surface area contributed by atoms with Gasteiger partial charge in [-0.3, -0.25) is 4.98 Å². The molecule has 0 atom stereocenters. The molecule has 0 saturated carbocycles. The number of rotatable bonds is 3. The van der Waals surface area contributed by atoms with Crippen LogP contribution in [0.1, 0.15) is 16.8 Å². The van der Waals surface area contributed by atoms with Crippen LogP contribution in [0.15, 0.2) is 30.6 Å². The fourth-order valence-electron chi connectivity index (χ4n) is 1.46. The zero-order valence-corrected chi connectivity index (χ0v) is 10.6. The summed E-state index contributed by atoms with van der Waals surface area (Å²) in [5.41, 5.74) is 4.10. The first kappa shape index (κ1) is 11.9. The van der Waals surface area contributed by atoms with E-state index >= 15 is 0 Å². The van der Waals surface area contributed by atoms with E-state index in [9.17, 15) is 0 Å². The summed E-state index contributed by atoms with van der Waals surface area (Å²) >= 11 is 5.87. The third-order valence-corrected chi connectivity index (χ3v) is 2.88. The quantitative estimate of drug-likeness (QED) is 0.846. The van der Waals surface area contributed by atoms with Gasteiger partial charge in [0.15, 0.2) is 0 Å². The lowest BCUT2D eigenvalue weighted by Gasteiger charge is -2.07. The first-order valence-electron chi connectivity index (χ1n) is 5.43. The van der Waals surface area contributed by atoms with Crippen molar-refractivity contribution in [3.63, 3.8) is 0 Å². The largest absolute Gasteiger partial charge is 0.380 e. The first-order chi connectivity index (χ1) is 8.15. The van der Waals surface area contributed by atoms with Crippen LogP contribution in [0.2, 0.25) is 5.15 Å². The molecule has 0 bridgehead atoms. The topological polar surface area (TPSA) is 37.8 Å². The predicted molar refractivity (Wildman–Crippen MR) is 70.3 cm³/mol. The van der Waals surface area contributed by atoms with Gasteiger partial charge in [-0.15, -0.1) is 0 Å².